The number of halogens is 3. The molecule has 5 rings (SSSR count). The predicted molar refractivity (Wildman–Crippen MR) is 217 cm³/mol. The number of hydrogen-bond acceptors (Lipinski definition) is 14. The van der Waals surface area contributed by atoms with Crippen LogP contribution >= 0.6 is 11.8 Å². The summed E-state index contributed by atoms with van der Waals surface area (Å²) in [4.78, 5) is 91.6. The van der Waals surface area contributed by atoms with E-state index in [0.717, 1.165) is 22.8 Å². The number of aromatic nitrogens is 4. The zero-order chi connectivity index (χ0) is 46.0. The third-order valence-corrected chi connectivity index (χ3v) is 10.4. The van der Waals surface area contributed by atoms with Crippen molar-refractivity contribution in [2.24, 2.45) is 5.73 Å². The molecule has 0 fully saturated rings. The van der Waals surface area contributed by atoms with Gasteiger partial charge >= 0.3 is 18.3 Å². The van der Waals surface area contributed by atoms with Crippen molar-refractivity contribution in [1.82, 2.24) is 35.1 Å². The van der Waals surface area contributed by atoms with Crippen LogP contribution in [0.4, 0.5) is 13.2 Å². The first-order valence-electron chi connectivity index (χ1n) is 18.7. The highest BCUT2D eigenvalue weighted by Crippen LogP contribution is 2.41. The molecule has 0 aliphatic heterocycles. The van der Waals surface area contributed by atoms with Crippen molar-refractivity contribution in [3.63, 3.8) is 0 Å². The van der Waals surface area contributed by atoms with Crippen LogP contribution in [-0.4, -0.2) is 105 Å². The van der Waals surface area contributed by atoms with E-state index in [-0.39, 0.29) is 46.8 Å². The normalized spacial score (nSPS) is 12.8. The number of rotatable bonds is 19. The second-order valence-electron chi connectivity index (χ2n) is 13.7. The van der Waals surface area contributed by atoms with Gasteiger partial charge in [-0.1, -0.05) is 18.2 Å². The van der Waals surface area contributed by atoms with E-state index in [0.29, 0.717) is 22.9 Å². The van der Waals surface area contributed by atoms with Crippen molar-refractivity contribution in [3.8, 4) is 22.9 Å². The predicted octanol–water partition coefficient (Wildman–Crippen LogP) is 2.79. The largest absolute Gasteiger partial charge is 0.573 e. The van der Waals surface area contributed by atoms with Gasteiger partial charge < -0.3 is 46.4 Å². The molecule has 23 heteroatoms. The molecule has 0 saturated heterocycles. The Kier molecular flexibility index (Phi) is 15.2. The van der Waals surface area contributed by atoms with Crippen LogP contribution in [0.15, 0.2) is 88.9 Å². The van der Waals surface area contributed by atoms with Crippen LogP contribution in [0.2, 0.25) is 0 Å². The number of phenolic OH excluding ortho intramolecular Hbond substituents is 2. The number of nitrogens with two attached hydrogens (primary N) is 1. The standard InChI is InChI=1S/C40H39F3N8O11S/c1-21(50(19-23-4-2-14-45-17-23)30(53)16-22-6-8-24(9-7-22)62-40(41,42)43)36-49-35-25(5-3-15-46-35)39(61)51(36)28-11-12-29(52)33(58)34(28)63-20-27(38(60)47-18-32(56)57)48-37(59)26(44)10-13-31(54)55/h2-9,11-12,14-15,17,21,26-27,52,58H,10,13,16,18-20,44H2,1H3,(H,47,60)(H,48,59)(H,54,55)(H,56,57)/t21-,26+,27+/m1/s1. The summed E-state index contributed by atoms with van der Waals surface area (Å²) in [5.41, 5.74) is 5.76. The molecule has 0 spiro atoms. The Morgan fingerprint density at radius 1 is 0.952 bits per heavy atom. The summed E-state index contributed by atoms with van der Waals surface area (Å²) >= 11 is 0.643. The lowest BCUT2D eigenvalue weighted by Crippen LogP contribution is -2.53. The summed E-state index contributed by atoms with van der Waals surface area (Å²) in [5, 5.41) is 44.7. The number of pyridine rings is 2. The van der Waals surface area contributed by atoms with E-state index in [1.807, 2.05) is 0 Å². The summed E-state index contributed by atoms with van der Waals surface area (Å²) < 4.78 is 43.5. The maximum absolute atomic E-state index is 14.6. The quantitative estimate of drug-likeness (QED) is 0.0463. The number of amides is 3. The number of nitrogens with one attached hydrogen (secondary N) is 2. The van der Waals surface area contributed by atoms with Crippen molar-refractivity contribution in [3.05, 3.63) is 107 Å². The van der Waals surface area contributed by atoms with Gasteiger partial charge in [0.15, 0.2) is 17.1 Å². The molecule has 3 amide bonds. The van der Waals surface area contributed by atoms with Crippen LogP contribution in [0.5, 0.6) is 17.2 Å². The Labute approximate surface area is 358 Å². The number of carbonyl (C=O) groups is 5. The number of carboxylic acid groups (broad SMARTS) is 2. The second kappa shape index (κ2) is 20.5. The second-order valence-corrected chi connectivity index (χ2v) is 14.7. The molecule has 8 N–H and O–H groups in total. The van der Waals surface area contributed by atoms with Crippen LogP contribution in [0, 0.1) is 0 Å². The van der Waals surface area contributed by atoms with Crippen LogP contribution in [0.1, 0.15) is 42.8 Å². The van der Waals surface area contributed by atoms with Crippen LogP contribution in [-0.2, 0) is 36.9 Å². The van der Waals surface area contributed by atoms with E-state index in [9.17, 15) is 52.2 Å². The maximum atomic E-state index is 14.6. The van der Waals surface area contributed by atoms with Crippen molar-refractivity contribution < 1.29 is 62.3 Å². The number of phenols is 2. The lowest BCUT2D eigenvalue weighted by Gasteiger charge is -2.31. The molecule has 0 saturated carbocycles. The van der Waals surface area contributed by atoms with E-state index in [2.05, 4.69) is 30.3 Å². The molecule has 63 heavy (non-hydrogen) atoms. The molecule has 0 bridgehead atoms. The van der Waals surface area contributed by atoms with Gasteiger partial charge in [-0.05, 0) is 66.9 Å². The van der Waals surface area contributed by atoms with E-state index in [1.165, 1.54) is 53.8 Å². The number of nitrogens with zero attached hydrogens (tertiary/aromatic N) is 5. The molecule has 332 valence electrons. The fraction of sp³-hybridized carbons (Fsp3) is 0.275. The van der Waals surface area contributed by atoms with Gasteiger partial charge in [0.2, 0.25) is 17.7 Å². The molecule has 0 unspecified atom stereocenters. The SMILES string of the molecule is C[C@H](c1nc2ncccc2c(=O)n1-c1ccc(O)c(O)c1SC[C@H](NC(=O)[C@@H](N)CCC(=O)O)C(=O)NCC(=O)O)N(Cc1cccnc1)C(=O)Cc1ccc(OC(F)(F)F)cc1. The summed E-state index contributed by atoms with van der Waals surface area (Å²) in [6, 6.07) is 9.05. The first kappa shape index (κ1) is 46.8. The third kappa shape index (κ3) is 12.4. The Hall–Kier alpha value is -7.27. The van der Waals surface area contributed by atoms with Crippen LogP contribution in [0.3, 0.4) is 0 Å². The maximum Gasteiger partial charge on any atom is 0.573 e. The lowest BCUT2D eigenvalue weighted by molar-refractivity contribution is -0.274. The van der Waals surface area contributed by atoms with Gasteiger partial charge in [0.25, 0.3) is 5.56 Å². The Balaban J connectivity index is 1.60. The molecular weight excluding hydrogens is 858 g/mol. The number of benzene rings is 2. The summed E-state index contributed by atoms with van der Waals surface area (Å²) in [5.74, 6) is -7.80. The zero-order valence-electron chi connectivity index (χ0n) is 33.0. The topological polar surface area (TPSA) is 289 Å². The Morgan fingerprint density at radius 2 is 1.67 bits per heavy atom. The minimum atomic E-state index is -4.94. The highest BCUT2D eigenvalue weighted by atomic mass is 32.2. The first-order valence-corrected chi connectivity index (χ1v) is 19.7. The summed E-state index contributed by atoms with van der Waals surface area (Å²) in [6.45, 7) is 0.562. The number of ether oxygens (including phenoxy) is 1. The lowest BCUT2D eigenvalue weighted by atomic mass is 10.1. The molecule has 2 aromatic carbocycles. The fourth-order valence-corrected chi connectivity index (χ4v) is 7.21. The zero-order valence-corrected chi connectivity index (χ0v) is 33.8. The molecule has 3 heterocycles. The molecular formula is C40H39F3N8O11S. The van der Waals surface area contributed by atoms with Gasteiger partial charge in [0, 0.05) is 37.3 Å². The minimum absolute atomic E-state index is 0.0168. The van der Waals surface area contributed by atoms with E-state index >= 15 is 0 Å². The molecule has 19 nitrogen and oxygen atoms in total. The average molecular weight is 897 g/mol. The Morgan fingerprint density at radius 3 is 2.32 bits per heavy atom. The van der Waals surface area contributed by atoms with Crippen molar-refractivity contribution in [1.29, 1.82) is 0 Å². The van der Waals surface area contributed by atoms with Gasteiger partial charge in [-0.2, -0.15) is 0 Å². The van der Waals surface area contributed by atoms with Gasteiger partial charge in [0.05, 0.1) is 34.5 Å². The number of carbonyl (C=O) groups excluding carboxylic acids is 3. The molecule has 3 aromatic heterocycles. The summed E-state index contributed by atoms with van der Waals surface area (Å²) in [7, 11) is 0. The van der Waals surface area contributed by atoms with E-state index in [4.69, 9.17) is 15.9 Å². The van der Waals surface area contributed by atoms with Gasteiger partial charge in [-0.25, -0.2) is 9.97 Å². The number of aliphatic carboxylic acids is 2. The van der Waals surface area contributed by atoms with Crippen LogP contribution < -0.4 is 26.7 Å². The van der Waals surface area contributed by atoms with E-state index in [1.54, 1.807) is 19.1 Å². The minimum Gasteiger partial charge on any atom is -0.504 e. The number of hydrogen-bond donors (Lipinski definition) is 7. The molecule has 3 atom stereocenters. The number of alkyl halides is 3. The van der Waals surface area contributed by atoms with Crippen molar-refractivity contribution >= 4 is 52.5 Å². The molecule has 0 radical (unpaired) electrons. The smallest absolute Gasteiger partial charge is 0.504 e. The number of carboxylic acids is 2. The fourth-order valence-electron chi connectivity index (χ4n) is 6.10. The van der Waals surface area contributed by atoms with Gasteiger partial charge in [-0.3, -0.25) is 38.3 Å². The number of fused-ring (bicyclic) bond motifs is 1. The first-order chi connectivity index (χ1) is 29.8. The monoisotopic (exact) mass is 896 g/mol. The Bertz CT molecular complexity index is 2550. The highest BCUT2D eigenvalue weighted by molar-refractivity contribution is 7.99. The van der Waals surface area contributed by atoms with Gasteiger partial charge in [-0.15, -0.1) is 24.9 Å². The van der Waals surface area contributed by atoms with E-state index < -0.39 is 95.7 Å². The molecule has 0 aliphatic carbocycles. The summed E-state index contributed by atoms with van der Waals surface area (Å²) in [6.07, 6.45) is -1.70. The van der Waals surface area contributed by atoms with Crippen molar-refractivity contribution in [2.45, 2.75) is 62.1 Å². The average Bonchev–Trinajstić information content (AvgIpc) is 3.24. The highest BCUT2D eigenvalue weighted by Gasteiger charge is 2.33. The van der Waals surface area contributed by atoms with Crippen LogP contribution in [0.25, 0.3) is 16.7 Å². The van der Waals surface area contributed by atoms with Gasteiger partial charge in [0.1, 0.15) is 24.2 Å². The number of thioether (sulfide) groups is 1. The number of aromatic hydroxyl groups is 2. The van der Waals surface area contributed by atoms with Crippen molar-refractivity contribution in [2.75, 3.05) is 12.3 Å². The molecule has 5 aromatic rings. The third-order valence-electron chi connectivity index (χ3n) is 9.20. The molecule has 0 aliphatic rings.